The molecular weight excluding hydrogens is 258 g/mol. The topological polar surface area (TPSA) is 26.0 Å². The lowest BCUT2D eigenvalue weighted by molar-refractivity contribution is 0.636. The second kappa shape index (κ2) is 4.09. The maximum Gasteiger partial charge on any atom is 0.165 e. The molecule has 0 aliphatic rings. The predicted molar refractivity (Wildman–Crippen MR) is 73.8 cm³/mol. The molecule has 0 spiro atoms. The summed E-state index contributed by atoms with van der Waals surface area (Å²) in [5.41, 5.74) is 0.870. The lowest BCUT2D eigenvalue weighted by Gasteiger charge is -2.10. The van der Waals surface area contributed by atoms with E-state index in [1.54, 1.807) is 11.8 Å². The van der Waals surface area contributed by atoms with Crippen LogP contribution in [0.15, 0.2) is 21.6 Å². The summed E-state index contributed by atoms with van der Waals surface area (Å²) in [6, 6.07) is 3.97. The Hall–Kier alpha value is -0.453. The van der Waals surface area contributed by atoms with Crippen molar-refractivity contribution in [1.29, 1.82) is 0 Å². The Morgan fingerprint density at radius 3 is 2.56 bits per heavy atom. The van der Waals surface area contributed by atoms with E-state index in [2.05, 4.69) is 30.7 Å². The molecule has 0 saturated heterocycles. The summed E-state index contributed by atoms with van der Waals surface area (Å²) in [7, 11) is -1.42. The van der Waals surface area contributed by atoms with E-state index in [9.17, 15) is 0 Å². The van der Waals surface area contributed by atoms with E-state index in [0.29, 0.717) is 5.15 Å². The van der Waals surface area contributed by atoms with Gasteiger partial charge in [0.25, 0.3) is 0 Å². The molecule has 16 heavy (non-hydrogen) atoms. The van der Waals surface area contributed by atoms with E-state index in [1.807, 2.05) is 12.3 Å². The number of fused-ring (bicyclic) bond motifs is 1. The lowest BCUT2D eigenvalue weighted by atomic mass is 10.3. The second-order valence-electron chi connectivity index (χ2n) is 4.73. The van der Waals surface area contributed by atoms with Crippen LogP contribution in [0, 0.1) is 0 Å². The highest BCUT2D eigenvalue weighted by Crippen LogP contribution is 2.28. The zero-order valence-corrected chi connectivity index (χ0v) is 12.4. The summed E-state index contributed by atoms with van der Waals surface area (Å²) in [4.78, 5) is 4.27. The van der Waals surface area contributed by atoms with Gasteiger partial charge in [-0.2, -0.15) is 0 Å². The van der Waals surface area contributed by atoms with Gasteiger partial charge in [0.05, 0.1) is 5.38 Å². The maximum absolute atomic E-state index is 5.97. The number of hydrogen-bond acceptors (Lipinski definition) is 3. The Morgan fingerprint density at radius 2 is 2.00 bits per heavy atom. The van der Waals surface area contributed by atoms with Crippen LogP contribution in [0.1, 0.15) is 0 Å². The molecule has 0 atom stereocenters. The van der Waals surface area contributed by atoms with Crippen LogP contribution in [-0.4, -0.2) is 19.3 Å². The highest BCUT2D eigenvalue weighted by Gasteiger charge is 2.22. The number of hydrogen-bond donors (Lipinski definition) is 0. The number of aromatic nitrogens is 1. The minimum atomic E-state index is -1.42. The van der Waals surface area contributed by atoms with Gasteiger partial charge in [-0.05, 0) is 18.4 Å². The fourth-order valence-corrected chi connectivity index (χ4v) is 3.28. The molecule has 0 aliphatic heterocycles. The largest absolute Gasteiger partial charge is 0.463 e. The molecule has 0 N–H and O–H groups in total. The zero-order valence-electron chi connectivity index (χ0n) is 9.80. The van der Waals surface area contributed by atoms with E-state index in [0.717, 1.165) is 21.4 Å². The molecule has 0 unspecified atom stereocenters. The molecule has 0 bridgehead atoms. The monoisotopic (exact) mass is 271 g/mol. The smallest absolute Gasteiger partial charge is 0.165 e. The fraction of sp³-hybridized carbons (Fsp3) is 0.364. The van der Waals surface area contributed by atoms with Crippen LogP contribution < -0.4 is 5.38 Å². The minimum absolute atomic E-state index is 0.528. The van der Waals surface area contributed by atoms with E-state index in [1.165, 1.54) is 0 Å². The third-order valence-corrected chi connectivity index (χ3v) is 4.95. The molecule has 0 radical (unpaired) electrons. The van der Waals surface area contributed by atoms with Crippen LogP contribution in [-0.2, 0) is 0 Å². The standard InChI is InChI=1S/C11H14ClNOSSi/c1-15-11-10-7(5-8(12)13-11)6-9(14-10)16(2,3)4/h5-6H,1-4H3. The molecule has 5 heteroatoms. The van der Waals surface area contributed by atoms with Crippen LogP contribution in [0.4, 0.5) is 0 Å². The summed E-state index contributed by atoms with van der Waals surface area (Å²) in [5, 5.41) is 3.55. The van der Waals surface area contributed by atoms with Gasteiger partial charge in [0.1, 0.15) is 18.3 Å². The first-order valence-corrected chi connectivity index (χ1v) is 10.2. The van der Waals surface area contributed by atoms with Gasteiger partial charge in [-0.25, -0.2) is 4.98 Å². The first-order valence-electron chi connectivity index (χ1n) is 5.06. The first kappa shape index (κ1) is 12.0. The van der Waals surface area contributed by atoms with Crippen molar-refractivity contribution in [2.45, 2.75) is 24.7 Å². The number of rotatable bonds is 2. The summed E-state index contributed by atoms with van der Waals surface area (Å²) in [6.07, 6.45) is 1.98. The highest BCUT2D eigenvalue weighted by molar-refractivity contribution is 7.98. The van der Waals surface area contributed by atoms with Crippen molar-refractivity contribution in [3.63, 3.8) is 0 Å². The van der Waals surface area contributed by atoms with Crippen LogP contribution in [0.5, 0.6) is 0 Å². The zero-order chi connectivity index (χ0) is 11.9. The number of nitrogens with zero attached hydrogens (tertiary/aromatic N) is 1. The Morgan fingerprint density at radius 1 is 1.31 bits per heavy atom. The van der Waals surface area contributed by atoms with E-state index >= 15 is 0 Å². The predicted octanol–water partition coefficient (Wildman–Crippen LogP) is 3.75. The molecule has 0 aliphatic carbocycles. The van der Waals surface area contributed by atoms with Crippen LogP contribution in [0.2, 0.25) is 24.8 Å². The van der Waals surface area contributed by atoms with Crippen molar-refractivity contribution < 1.29 is 4.42 Å². The number of pyridine rings is 1. The van der Waals surface area contributed by atoms with Crippen molar-refractivity contribution in [3.8, 4) is 0 Å². The SMILES string of the molecule is CSc1nc(Cl)cc2cc([Si](C)(C)C)oc12. The van der Waals surface area contributed by atoms with Gasteiger partial charge in [0.2, 0.25) is 0 Å². The van der Waals surface area contributed by atoms with Crippen LogP contribution in [0.25, 0.3) is 11.0 Å². The number of thioether (sulfide) groups is 1. The molecule has 2 nitrogen and oxygen atoms in total. The molecule has 2 aromatic rings. The summed E-state index contributed by atoms with van der Waals surface area (Å²) in [6.45, 7) is 6.79. The van der Waals surface area contributed by atoms with Crippen molar-refractivity contribution in [1.82, 2.24) is 4.98 Å². The first-order chi connectivity index (χ1) is 7.41. The van der Waals surface area contributed by atoms with Crippen molar-refractivity contribution in [3.05, 3.63) is 17.3 Å². The number of furan rings is 1. The quantitative estimate of drug-likeness (QED) is 0.473. The summed E-state index contributed by atoms with van der Waals surface area (Å²) < 4.78 is 5.93. The van der Waals surface area contributed by atoms with Crippen LogP contribution >= 0.6 is 23.4 Å². The molecule has 86 valence electrons. The fourth-order valence-electron chi connectivity index (χ4n) is 1.50. The third kappa shape index (κ3) is 2.14. The van der Waals surface area contributed by atoms with Crippen molar-refractivity contribution in [2.75, 3.05) is 6.26 Å². The van der Waals surface area contributed by atoms with Gasteiger partial charge >= 0.3 is 0 Å². The van der Waals surface area contributed by atoms with Gasteiger partial charge in [-0.3, -0.25) is 0 Å². The molecular formula is C11H14ClNOSSi. The van der Waals surface area contributed by atoms with Gasteiger partial charge in [-0.15, -0.1) is 11.8 Å². The molecule has 2 heterocycles. The maximum atomic E-state index is 5.97. The van der Waals surface area contributed by atoms with Gasteiger partial charge in [-0.1, -0.05) is 31.2 Å². The minimum Gasteiger partial charge on any atom is -0.463 e. The third-order valence-electron chi connectivity index (χ3n) is 2.37. The summed E-state index contributed by atoms with van der Waals surface area (Å²) in [5.74, 6) is 0. The Balaban J connectivity index is 2.70. The van der Waals surface area contributed by atoms with E-state index in [4.69, 9.17) is 16.0 Å². The van der Waals surface area contributed by atoms with Crippen molar-refractivity contribution in [2.24, 2.45) is 0 Å². The average molecular weight is 272 g/mol. The number of halogens is 1. The molecule has 2 aromatic heterocycles. The average Bonchev–Trinajstić information content (AvgIpc) is 2.59. The normalized spacial score (nSPS) is 12.3. The Labute approximate surface area is 105 Å². The summed E-state index contributed by atoms with van der Waals surface area (Å²) >= 11 is 7.53. The Kier molecular flexibility index (Phi) is 3.07. The lowest BCUT2D eigenvalue weighted by Crippen LogP contribution is -2.36. The van der Waals surface area contributed by atoms with Crippen molar-refractivity contribution >= 4 is 47.8 Å². The second-order valence-corrected chi connectivity index (χ2v) is 10.9. The molecule has 2 rings (SSSR count). The van der Waals surface area contributed by atoms with Gasteiger partial charge in [0, 0.05) is 5.39 Å². The van der Waals surface area contributed by atoms with E-state index in [-0.39, 0.29) is 0 Å². The highest BCUT2D eigenvalue weighted by atomic mass is 35.5. The van der Waals surface area contributed by atoms with E-state index < -0.39 is 8.07 Å². The van der Waals surface area contributed by atoms with Gasteiger partial charge < -0.3 is 4.42 Å². The molecule has 0 fully saturated rings. The molecule has 0 amide bonds. The molecule has 0 saturated carbocycles. The Bertz CT molecular complexity index is 532. The van der Waals surface area contributed by atoms with Crippen LogP contribution in [0.3, 0.4) is 0 Å². The molecule has 0 aromatic carbocycles. The van der Waals surface area contributed by atoms with Gasteiger partial charge in [0.15, 0.2) is 5.58 Å².